The van der Waals surface area contributed by atoms with E-state index in [1.165, 1.54) is 33.3 Å². The van der Waals surface area contributed by atoms with Crippen molar-refractivity contribution in [2.75, 3.05) is 6.54 Å². The average molecular weight is 244 g/mol. The standard InChI is InChI=1S/C16H24N2/c1-10(2)17-9-8-14-13(5)18-16-12(4)7-6-11(3)15(14)16/h6-7,10,17-18H,8-9H2,1-5H3. The van der Waals surface area contributed by atoms with Crippen LogP contribution in [0.5, 0.6) is 0 Å². The Labute approximate surface area is 110 Å². The van der Waals surface area contributed by atoms with E-state index in [1.54, 1.807) is 0 Å². The van der Waals surface area contributed by atoms with Gasteiger partial charge in [-0.05, 0) is 50.4 Å². The molecule has 2 rings (SSSR count). The molecule has 0 fully saturated rings. The first-order valence-electron chi connectivity index (χ1n) is 6.81. The summed E-state index contributed by atoms with van der Waals surface area (Å²) >= 11 is 0. The highest BCUT2D eigenvalue weighted by Gasteiger charge is 2.11. The van der Waals surface area contributed by atoms with Crippen LogP contribution < -0.4 is 5.32 Å². The van der Waals surface area contributed by atoms with Crippen molar-refractivity contribution in [2.45, 2.75) is 47.1 Å². The van der Waals surface area contributed by atoms with Crippen molar-refractivity contribution in [3.63, 3.8) is 0 Å². The number of H-pyrrole nitrogens is 1. The molecule has 1 heterocycles. The Balaban J connectivity index is 2.37. The SMILES string of the molecule is Cc1[nH]c2c(C)ccc(C)c2c1CCNC(C)C. The molecule has 0 aliphatic carbocycles. The van der Waals surface area contributed by atoms with E-state index in [0.717, 1.165) is 13.0 Å². The van der Waals surface area contributed by atoms with Crippen LogP contribution >= 0.6 is 0 Å². The first-order valence-corrected chi connectivity index (χ1v) is 6.81. The molecule has 0 amide bonds. The van der Waals surface area contributed by atoms with Gasteiger partial charge in [0.05, 0.1) is 0 Å². The van der Waals surface area contributed by atoms with Crippen LogP contribution in [-0.2, 0) is 6.42 Å². The third-order valence-electron chi connectivity index (χ3n) is 3.62. The molecule has 0 aliphatic heterocycles. The highest BCUT2D eigenvalue weighted by molar-refractivity contribution is 5.90. The maximum atomic E-state index is 3.55. The number of benzene rings is 1. The number of aromatic nitrogens is 1. The van der Waals surface area contributed by atoms with E-state index < -0.39 is 0 Å². The molecule has 0 radical (unpaired) electrons. The van der Waals surface area contributed by atoms with Crippen LogP contribution in [0.4, 0.5) is 0 Å². The van der Waals surface area contributed by atoms with E-state index in [1.807, 2.05) is 0 Å². The highest BCUT2D eigenvalue weighted by Crippen LogP contribution is 2.28. The monoisotopic (exact) mass is 244 g/mol. The van der Waals surface area contributed by atoms with Crippen LogP contribution in [-0.4, -0.2) is 17.6 Å². The maximum absolute atomic E-state index is 3.55. The summed E-state index contributed by atoms with van der Waals surface area (Å²) in [6.07, 6.45) is 1.09. The first-order chi connectivity index (χ1) is 8.50. The largest absolute Gasteiger partial charge is 0.358 e. The fourth-order valence-electron chi connectivity index (χ4n) is 2.61. The van der Waals surface area contributed by atoms with Crippen LogP contribution in [0.3, 0.4) is 0 Å². The van der Waals surface area contributed by atoms with Gasteiger partial charge < -0.3 is 10.3 Å². The Bertz CT molecular complexity index is 550. The second-order valence-corrected chi connectivity index (χ2v) is 5.54. The van der Waals surface area contributed by atoms with Crippen LogP contribution in [0.25, 0.3) is 10.9 Å². The average Bonchev–Trinajstić information content (AvgIpc) is 2.63. The third kappa shape index (κ3) is 2.44. The molecule has 98 valence electrons. The highest BCUT2D eigenvalue weighted by atomic mass is 14.9. The van der Waals surface area contributed by atoms with Crippen molar-refractivity contribution in [3.8, 4) is 0 Å². The second-order valence-electron chi connectivity index (χ2n) is 5.54. The number of hydrogen-bond acceptors (Lipinski definition) is 1. The molecule has 2 nitrogen and oxygen atoms in total. The molecule has 1 aromatic carbocycles. The summed E-state index contributed by atoms with van der Waals surface area (Å²) in [6, 6.07) is 4.98. The number of aromatic amines is 1. The molecular weight excluding hydrogens is 220 g/mol. The minimum atomic E-state index is 0.554. The molecule has 0 bridgehead atoms. The summed E-state index contributed by atoms with van der Waals surface area (Å²) in [4.78, 5) is 3.55. The molecule has 2 heteroatoms. The smallest absolute Gasteiger partial charge is 0.0491 e. The minimum absolute atomic E-state index is 0.554. The lowest BCUT2D eigenvalue weighted by Gasteiger charge is -2.09. The Kier molecular flexibility index (Phi) is 3.76. The number of fused-ring (bicyclic) bond motifs is 1. The zero-order chi connectivity index (χ0) is 13.3. The zero-order valence-electron chi connectivity index (χ0n) is 12.1. The third-order valence-corrected chi connectivity index (χ3v) is 3.62. The van der Waals surface area contributed by atoms with Gasteiger partial charge in [-0.25, -0.2) is 0 Å². The van der Waals surface area contributed by atoms with Gasteiger partial charge in [0.25, 0.3) is 0 Å². The first kappa shape index (κ1) is 13.2. The second kappa shape index (κ2) is 5.15. The van der Waals surface area contributed by atoms with E-state index in [-0.39, 0.29) is 0 Å². The summed E-state index contributed by atoms with van der Waals surface area (Å²) in [5, 5.41) is 4.92. The summed E-state index contributed by atoms with van der Waals surface area (Å²) < 4.78 is 0. The molecule has 2 aromatic rings. The van der Waals surface area contributed by atoms with E-state index >= 15 is 0 Å². The lowest BCUT2D eigenvalue weighted by Crippen LogP contribution is -2.25. The van der Waals surface area contributed by atoms with Gasteiger partial charge >= 0.3 is 0 Å². The lowest BCUT2D eigenvalue weighted by atomic mass is 10.0. The predicted molar refractivity (Wildman–Crippen MR) is 79.4 cm³/mol. The Morgan fingerprint density at radius 2 is 1.78 bits per heavy atom. The summed E-state index contributed by atoms with van der Waals surface area (Å²) in [6.45, 7) is 12.0. The van der Waals surface area contributed by atoms with Crippen molar-refractivity contribution in [1.29, 1.82) is 0 Å². The Hall–Kier alpha value is -1.28. The lowest BCUT2D eigenvalue weighted by molar-refractivity contribution is 0.590. The van der Waals surface area contributed by atoms with Crippen LogP contribution in [0.2, 0.25) is 0 Å². The van der Waals surface area contributed by atoms with E-state index in [0.29, 0.717) is 6.04 Å². The molecule has 0 atom stereocenters. The summed E-state index contributed by atoms with van der Waals surface area (Å²) in [5.74, 6) is 0. The van der Waals surface area contributed by atoms with Crippen molar-refractivity contribution in [2.24, 2.45) is 0 Å². The van der Waals surface area contributed by atoms with Crippen LogP contribution in [0.1, 0.15) is 36.2 Å². The van der Waals surface area contributed by atoms with Crippen molar-refractivity contribution in [1.82, 2.24) is 10.3 Å². The Morgan fingerprint density at radius 3 is 2.44 bits per heavy atom. The van der Waals surface area contributed by atoms with Crippen molar-refractivity contribution >= 4 is 10.9 Å². The van der Waals surface area contributed by atoms with Gasteiger partial charge in [-0.15, -0.1) is 0 Å². The molecule has 0 saturated carbocycles. The van der Waals surface area contributed by atoms with Crippen molar-refractivity contribution < 1.29 is 0 Å². The molecular formula is C16H24N2. The maximum Gasteiger partial charge on any atom is 0.0491 e. The summed E-state index contributed by atoms with van der Waals surface area (Å²) in [5.41, 5.74) is 6.81. The Morgan fingerprint density at radius 1 is 1.11 bits per heavy atom. The van der Waals surface area contributed by atoms with E-state index in [9.17, 15) is 0 Å². The van der Waals surface area contributed by atoms with Gasteiger partial charge in [-0.3, -0.25) is 0 Å². The molecule has 0 unspecified atom stereocenters. The van der Waals surface area contributed by atoms with Gasteiger partial charge in [0.1, 0.15) is 0 Å². The summed E-state index contributed by atoms with van der Waals surface area (Å²) in [7, 11) is 0. The molecule has 0 saturated heterocycles. The zero-order valence-corrected chi connectivity index (χ0v) is 12.1. The van der Waals surface area contributed by atoms with E-state index in [2.05, 4.69) is 57.1 Å². The van der Waals surface area contributed by atoms with E-state index in [4.69, 9.17) is 0 Å². The van der Waals surface area contributed by atoms with Gasteiger partial charge in [-0.2, -0.15) is 0 Å². The van der Waals surface area contributed by atoms with Gasteiger partial charge in [-0.1, -0.05) is 26.0 Å². The quantitative estimate of drug-likeness (QED) is 0.844. The molecule has 0 aliphatic rings. The van der Waals surface area contributed by atoms with Crippen molar-refractivity contribution in [3.05, 3.63) is 34.5 Å². The van der Waals surface area contributed by atoms with Gasteiger partial charge in [0, 0.05) is 22.6 Å². The predicted octanol–water partition coefficient (Wildman–Crippen LogP) is 3.63. The molecule has 1 aromatic heterocycles. The molecule has 18 heavy (non-hydrogen) atoms. The molecule has 0 spiro atoms. The van der Waals surface area contributed by atoms with Crippen LogP contribution in [0.15, 0.2) is 12.1 Å². The number of aryl methyl sites for hydroxylation is 3. The minimum Gasteiger partial charge on any atom is -0.358 e. The van der Waals surface area contributed by atoms with Crippen LogP contribution in [0, 0.1) is 20.8 Å². The topological polar surface area (TPSA) is 27.8 Å². The normalized spacial score (nSPS) is 11.7. The van der Waals surface area contributed by atoms with Gasteiger partial charge in [0.2, 0.25) is 0 Å². The fourth-order valence-corrected chi connectivity index (χ4v) is 2.61. The number of rotatable bonds is 4. The number of hydrogen-bond donors (Lipinski definition) is 2. The fraction of sp³-hybridized carbons (Fsp3) is 0.500. The number of nitrogens with one attached hydrogen (secondary N) is 2. The van der Waals surface area contributed by atoms with Gasteiger partial charge in [0.15, 0.2) is 0 Å². The molecule has 2 N–H and O–H groups in total.